The maximum atomic E-state index is 13.1. The second-order valence-electron chi connectivity index (χ2n) is 2.30. The van der Waals surface area contributed by atoms with Gasteiger partial charge in [0.15, 0.2) is 10.9 Å². The molecule has 0 bridgehead atoms. The maximum Gasteiger partial charge on any atom is 0.350 e. The van der Waals surface area contributed by atoms with E-state index in [1.165, 1.54) is 12.1 Å². The number of aliphatic carboxylic acids is 1. The molecule has 0 atom stereocenters. The molecule has 0 spiro atoms. The monoisotopic (exact) mass is 200 g/mol. The van der Waals surface area contributed by atoms with Crippen LogP contribution in [0.3, 0.4) is 0 Å². The molecule has 4 heteroatoms. The summed E-state index contributed by atoms with van der Waals surface area (Å²) in [5.74, 6) is -2.39. The Hall–Kier alpha value is -1.35. The maximum absolute atomic E-state index is 13.1. The van der Waals surface area contributed by atoms with Crippen molar-refractivity contribution in [1.29, 1.82) is 0 Å². The summed E-state index contributed by atoms with van der Waals surface area (Å²) in [6, 6.07) is 7.79. The number of carboxylic acid groups (broad SMARTS) is 1. The summed E-state index contributed by atoms with van der Waals surface area (Å²) < 4.78 is 13.1. The Morgan fingerprint density at radius 1 is 1.31 bits per heavy atom. The van der Waals surface area contributed by atoms with E-state index in [9.17, 15) is 9.18 Å². The van der Waals surface area contributed by atoms with Gasteiger partial charge in [-0.05, 0) is 0 Å². The summed E-state index contributed by atoms with van der Waals surface area (Å²) in [6.45, 7) is 0. The third-order valence-electron chi connectivity index (χ3n) is 1.41. The Bertz CT molecular complexity index is 346. The Morgan fingerprint density at radius 2 is 1.85 bits per heavy atom. The first-order valence-electron chi connectivity index (χ1n) is 3.47. The fourth-order valence-electron chi connectivity index (χ4n) is 0.805. The van der Waals surface area contributed by atoms with Gasteiger partial charge in [-0.1, -0.05) is 41.9 Å². The van der Waals surface area contributed by atoms with Crippen molar-refractivity contribution < 1.29 is 14.3 Å². The second kappa shape index (κ2) is 4.05. The lowest BCUT2D eigenvalue weighted by Crippen LogP contribution is -1.96. The first-order valence-corrected chi connectivity index (χ1v) is 3.84. The molecule has 0 saturated carbocycles. The summed E-state index contributed by atoms with van der Waals surface area (Å²) in [6.07, 6.45) is 0. The number of hydrogen-bond donors (Lipinski definition) is 1. The topological polar surface area (TPSA) is 37.3 Å². The van der Waals surface area contributed by atoms with Gasteiger partial charge in [-0.25, -0.2) is 9.18 Å². The molecular weight excluding hydrogens is 195 g/mol. The van der Waals surface area contributed by atoms with Crippen LogP contribution in [0.4, 0.5) is 4.39 Å². The lowest BCUT2D eigenvalue weighted by molar-refractivity contribution is -0.131. The lowest BCUT2D eigenvalue weighted by atomic mass is 10.2. The average Bonchev–Trinajstić information content (AvgIpc) is 2.17. The zero-order valence-corrected chi connectivity index (χ0v) is 7.25. The molecule has 1 N–H and O–H groups in total. The molecule has 0 aromatic heterocycles. The normalized spacial score (nSPS) is 12.2. The van der Waals surface area contributed by atoms with Crippen LogP contribution in [-0.2, 0) is 4.79 Å². The van der Waals surface area contributed by atoms with Crippen LogP contribution >= 0.6 is 11.6 Å². The molecule has 0 amide bonds. The highest BCUT2D eigenvalue weighted by Crippen LogP contribution is 2.22. The molecule has 13 heavy (non-hydrogen) atoms. The Morgan fingerprint density at radius 3 is 2.31 bits per heavy atom. The Balaban J connectivity index is 3.11. The summed E-state index contributed by atoms with van der Waals surface area (Å²) in [7, 11) is 0. The number of benzene rings is 1. The molecular formula is C9H6ClFO2. The standard InChI is InChI=1S/C9H6ClFO2/c10-7(9(12)13)8(11)6-4-2-1-3-5-6/h1-5H,(H,12,13)/b8-7-. The highest BCUT2D eigenvalue weighted by atomic mass is 35.5. The predicted molar refractivity (Wildman–Crippen MR) is 48.0 cm³/mol. The zero-order valence-electron chi connectivity index (χ0n) is 6.50. The predicted octanol–water partition coefficient (Wildman–Crippen LogP) is 2.65. The third-order valence-corrected chi connectivity index (χ3v) is 1.74. The minimum atomic E-state index is -1.47. The van der Waals surface area contributed by atoms with Crippen LogP contribution < -0.4 is 0 Å². The third kappa shape index (κ3) is 2.29. The van der Waals surface area contributed by atoms with Gasteiger partial charge in [-0.3, -0.25) is 0 Å². The van der Waals surface area contributed by atoms with E-state index in [-0.39, 0.29) is 5.56 Å². The second-order valence-corrected chi connectivity index (χ2v) is 2.68. The first-order chi connectivity index (χ1) is 6.13. The highest BCUT2D eigenvalue weighted by Gasteiger charge is 2.12. The van der Waals surface area contributed by atoms with E-state index in [4.69, 9.17) is 16.7 Å². The van der Waals surface area contributed by atoms with Crippen molar-refractivity contribution in [2.24, 2.45) is 0 Å². The van der Waals surface area contributed by atoms with Crippen LogP contribution in [0.2, 0.25) is 0 Å². The Kier molecular flexibility index (Phi) is 3.03. The number of rotatable bonds is 2. The van der Waals surface area contributed by atoms with Crippen LogP contribution in [0, 0.1) is 0 Å². The molecule has 1 aromatic rings. The molecule has 0 aliphatic carbocycles. The SMILES string of the molecule is O=C(O)/C(Cl)=C(/F)c1ccccc1. The van der Waals surface area contributed by atoms with Crippen molar-refractivity contribution in [3.63, 3.8) is 0 Å². The molecule has 0 unspecified atom stereocenters. The fourth-order valence-corrected chi connectivity index (χ4v) is 0.914. The van der Waals surface area contributed by atoms with Crippen LogP contribution in [0.15, 0.2) is 35.4 Å². The van der Waals surface area contributed by atoms with E-state index in [1.807, 2.05) is 0 Å². The first kappa shape index (κ1) is 9.74. The van der Waals surface area contributed by atoms with Gasteiger partial charge < -0.3 is 5.11 Å². The van der Waals surface area contributed by atoms with Crippen molar-refractivity contribution in [1.82, 2.24) is 0 Å². The van der Waals surface area contributed by atoms with Crippen LogP contribution in [0.25, 0.3) is 5.83 Å². The number of carboxylic acids is 1. The van der Waals surface area contributed by atoms with Gasteiger partial charge in [-0.15, -0.1) is 0 Å². The molecule has 0 saturated heterocycles. The van der Waals surface area contributed by atoms with E-state index in [1.54, 1.807) is 18.2 Å². The smallest absolute Gasteiger partial charge is 0.350 e. The molecule has 0 aliphatic rings. The van der Waals surface area contributed by atoms with Gasteiger partial charge in [-0.2, -0.15) is 0 Å². The average molecular weight is 201 g/mol. The molecule has 0 fully saturated rings. The van der Waals surface area contributed by atoms with Crippen molar-refractivity contribution in [3.8, 4) is 0 Å². The van der Waals surface area contributed by atoms with E-state index >= 15 is 0 Å². The fraction of sp³-hybridized carbons (Fsp3) is 0. The summed E-state index contributed by atoms with van der Waals surface area (Å²) in [4.78, 5) is 10.3. The zero-order chi connectivity index (χ0) is 9.84. The quantitative estimate of drug-likeness (QED) is 0.746. The highest BCUT2D eigenvalue weighted by molar-refractivity contribution is 6.43. The van der Waals surface area contributed by atoms with E-state index in [2.05, 4.69) is 0 Å². The van der Waals surface area contributed by atoms with Crippen LogP contribution in [-0.4, -0.2) is 11.1 Å². The number of hydrogen-bond acceptors (Lipinski definition) is 1. The number of halogens is 2. The van der Waals surface area contributed by atoms with Gasteiger partial charge in [0.05, 0.1) is 0 Å². The molecule has 2 nitrogen and oxygen atoms in total. The van der Waals surface area contributed by atoms with E-state index in [0.717, 1.165) is 0 Å². The molecule has 1 rings (SSSR count). The van der Waals surface area contributed by atoms with Gasteiger partial charge in [0.1, 0.15) is 0 Å². The van der Waals surface area contributed by atoms with Gasteiger partial charge in [0.25, 0.3) is 0 Å². The van der Waals surface area contributed by atoms with Crippen molar-refractivity contribution in [3.05, 3.63) is 40.9 Å². The Labute approximate surface area is 79.3 Å². The van der Waals surface area contributed by atoms with Crippen molar-refractivity contribution in [2.45, 2.75) is 0 Å². The molecule has 0 heterocycles. The van der Waals surface area contributed by atoms with E-state index in [0.29, 0.717) is 0 Å². The van der Waals surface area contributed by atoms with Crippen molar-refractivity contribution in [2.75, 3.05) is 0 Å². The molecule has 68 valence electrons. The minimum absolute atomic E-state index is 0.162. The summed E-state index contributed by atoms with van der Waals surface area (Å²) in [5.41, 5.74) is 0.162. The minimum Gasteiger partial charge on any atom is -0.477 e. The summed E-state index contributed by atoms with van der Waals surface area (Å²) >= 11 is 5.21. The van der Waals surface area contributed by atoms with E-state index < -0.39 is 16.8 Å². The molecule has 0 radical (unpaired) electrons. The summed E-state index contributed by atoms with van der Waals surface area (Å²) in [5, 5.41) is 7.58. The van der Waals surface area contributed by atoms with Gasteiger partial charge in [0.2, 0.25) is 0 Å². The molecule has 0 aliphatic heterocycles. The van der Waals surface area contributed by atoms with Crippen molar-refractivity contribution >= 4 is 23.4 Å². The van der Waals surface area contributed by atoms with Gasteiger partial charge in [0, 0.05) is 5.56 Å². The van der Waals surface area contributed by atoms with Crippen LogP contribution in [0.1, 0.15) is 5.56 Å². The molecule has 1 aromatic carbocycles. The number of carbonyl (C=O) groups is 1. The largest absolute Gasteiger partial charge is 0.477 e. The van der Waals surface area contributed by atoms with Gasteiger partial charge >= 0.3 is 5.97 Å². The van der Waals surface area contributed by atoms with Crippen LogP contribution in [0.5, 0.6) is 0 Å². The lowest BCUT2D eigenvalue weighted by Gasteiger charge is -1.97.